The van der Waals surface area contributed by atoms with Gasteiger partial charge in [0.15, 0.2) is 0 Å². The molecule has 0 spiro atoms. The smallest absolute Gasteiger partial charge is 0.0210 e. The molecule has 3 heteroatoms. The van der Waals surface area contributed by atoms with Crippen LogP contribution in [0.4, 0.5) is 0 Å². The zero-order valence-electron chi connectivity index (χ0n) is 12.1. The molecular weight excluding hydrogens is 330 g/mol. The molecule has 2 aliphatic rings. The Morgan fingerprint density at radius 1 is 1.05 bits per heavy atom. The molecule has 1 aromatic rings. The highest BCUT2D eigenvalue weighted by Gasteiger charge is 2.33. The summed E-state index contributed by atoms with van der Waals surface area (Å²) >= 11 is 5.73. The van der Waals surface area contributed by atoms with Crippen molar-refractivity contribution < 1.29 is 0 Å². The monoisotopic (exact) mass is 353 g/mol. The van der Waals surface area contributed by atoms with Crippen LogP contribution in [0.5, 0.6) is 0 Å². The van der Waals surface area contributed by atoms with E-state index < -0.39 is 0 Å². The van der Waals surface area contributed by atoms with E-state index in [0.717, 1.165) is 23.3 Å². The van der Waals surface area contributed by atoms with Crippen LogP contribution in [0.1, 0.15) is 50.0 Å². The maximum absolute atomic E-state index is 3.89. The molecule has 0 bridgehead atoms. The van der Waals surface area contributed by atoms with Crippen molar-refractivity contribution in [1.82, 2.24) is 5.32 Å². The van der Waals surface area contributed by atoms with Gasteiger partial charge in [-0.15, -0.1) is 0 Å². The van der Waals surface area contributed by atoms with E-state index in [9.17, 15) is 0 Å². The molecule has 0 atom stereocenters. The lowest BCUT2D eigenvalue weighted by Crippen LogP contribution is -2.47. The minimum Gasteiger partial charge on any atom is -0.311 e. The third-order valence-electron chi connectivity index (χ3n) is 4.96. The summed E-state index contributed by atoms with van der Waals surface area (Å²) in [6.45, 7) is 0. The maximum atomic E-state index is 3.89. The van der Waals surface area contributed by atoms with E-state index >= 15 is 0 Å². The number of hydrogen-bond donors (Lipinski definition) is 1. The van der Waals surface area contributed by atoms with Crippen molar-refractivity contribution in [3.8, 4) is 0 Å². The predicted molar refractivity (Wildman–Crippen MR) is 92.6 cm³/mol. The first-order valence-electron chi connectivity index (χ1n) is 7.79. The molecule has 3 rings (SSSR count). The number of nitrogens with one attached hydrogen (secondary N) is 1. The Morgan fingerprint density at radius 3 is 2.40 bits per heavy atom. The fourth-order valence-electron chi connectivity index (χ4n) is 3.61. The first-order chi connectivity index (χ1) is 9.76. The lowest BCUT2D eigenvalue weighted by Gasteiger charge is -2.40. The summed E-state index contributed by atoms with van der Waals surface area (Å²) in [5.41, 5.74) is 1.50. The predicted octanol–water partition coefficient (Wildman–Crippen LogP) is 4.96. The van der Waals surface area contributed by atoms with Crippen LogP contribution in [-0.2, 0) is 0 Å². The molecule has 110 valence electrons. The Bertz CT molecular complexity index is 436. The summed E-state index contributed by atoms with van der Waals surface area (Å²) in [4.78, 5) is 0. The molecule has 2 aliphatic carbocycles. The lowest BCUT2D eigenvalue weighted by atomic mass is 9.75. The first-order valence-corrected chi connectivity index (χ1v) is 9.87. The van der Waals surface area contributed by atoms with Crippen molar-refractivity contribution in [2.45, 2.75) is 61.8 Å². The summed E-state index contributed by atoms with van der Waals surface area (Å²) in [5.74, 6) is 0.755. The normalized spacial score (nSPS) is 33.7. The van der Waals surface area contributed by atoms with Gasteiger partial charge in [-0.05, 0) is 62.3 Å². The minimum absolute atomic E-state index is 0.753. The van der Waals surface area contributed by atoms with Crippen molar-refractivity contribution in [3.63, 3.8) is 0 Å². The van der Waals surface area contributed by atoms with Crippen molar-refractivity contribution in [2.75, 3.05) is 6.26 Å². The third-order valence-corrected chi connectivity index (χ3v) is 6.82. The Labute approximate surface area is 135 Å². The number of benzene rings is 1. The number of halogens is 1. The number of hydrogen-bond acceptors (Lipinski definition) is 2. The molecular formula is C17H24BrNS. The molecule has 0 radical (unpaired) electrons. The van der Waals surface area contributed by atoms with E-state index in [1.165, 1.54) is 48.6 Å². The van der Waals surface area contributed by atoms with Gasteiger partial charge in [0.2, 0.25) is 0 Å². The number of rotatable bonds is 4. The highest BCUT2D eigenvalue weighted by atomic mass is 79.9. The fourth-order valence-corrected chi connectivity index (χ4v) is 4.96. The van der Waals surface area contributed by atoms with Gasteiger partial charge in [-0.2, -0.15) is 11.8 Å². The molecule has 1 nitrogen and oxygen atoms in total. The van der Waals surface area contributed by atoms with Crippen molar-refractivity contribution in [1.29, 1.82) is 0 Å². The van der Waals surface area contributed by atoms with Gasteiger partial charge in [0.05, 0.1) is 0 Å². The van der Waals surface area contributed by atoms with Crippen molar-refractivity contribution in [3.05, 3.63) is 34.3 Å². The van der Waals surface area contributed by atoms with E-state index in [0.29, 0.717) is 0 Å². The van der Waals surface area contributed by atoms with Crippen LogP contribution in [0.25, 0.3) is 0 Å². The minimum atomic E-state index is 0.753. The molecule has 20 heavy (non-hydrogen) atoms. The zero-order chi connectivity index (χ0) is 13.9. The van der Waals surface area contributed by atoms with Crippen LogP contribution in [-0.4, -0.2) is 23.6 Å². The second kappa shape index (κ2) is 6.85. The fraction of sp³-hybridized carbons (Fsp3) is 0.647. The van der Waals surface area contributed by atoms with Crippen LogP contribution in [0.15, 0.2) is 28.7 Å². The molecule has 0 saturated heterocycles. The summed E-state index contributed by atoms with van der Waals surface area (Å²) in [5, 5.41) is 4.81. The van der Waals surface area contributed by atoms with Crippen LogP contribution in [0.3, 0.4) is 0 Å². The van der Waals surface area contributed by atoms with E-state index in [4.69, 9.17) is 0 Å². The largest absolute Gasteiger partial charge is 0.311 e. The second-order valence-electron chi connectivity index (χ2n) is 6.26. The van der Waals surface area contributed by atoms with Crippen LogP contribution in [0.2, 0.25) is 0 Å². The topological polar surface area (TPSA) is 12.0 Å². The highest BCUT2D eigenvalue weighted by molar-refractivity contribution is 9.10. The quantitative estimate of drug-likeness (QED) is 0.820. The number of thioether (sulfide) groups is 1. The van der Waals surface area contributed by atoms with Gasteiger partial charge < -0.3 is 5.32 Å². The first kappa shape index (κ1) is 14.9. The molecule has 0 heterocycles. The molecule has 1 N–H and O–H groups in total. The van der Waals surface area contributed by atoms with Gasteiger partial charge in [-0.3, -0.25) is 0 Å². The SMILES string of the molecule is CSC1CCC(NC2CC(c3ccccc3Br)C2)CC1. The second-order valence-corrected chi connectivity index (χ2v) is 8.26. The van der Waals surface area contributed by atoms with Gasteiger partial charge in [-0.1, -0.05) is 34.1 Å². The van der Waals surface area contributed by atoms with E-state index in [2.05, 4.69) is 63.5 Å². The molecule has 0 aliphatic heterocycles. The average Bonchev–Trinajstić information content (AvgIpc) is 2.44. The Kier molecular flexibility index (Phi) is 5.11. The lowest BCUT2D eigenvalue weighted by molar-refractivity contribution is 0.239. The zero-order valence-corrected chi connectivity index (χ0v) is 14.6. The van der Waals surface area contributed by atoms with Gasteiger partial charge >= 0.3 is 0 Å². The van der Waals surface area contributed by atoms with Gasteiger partial charge in [0.1, 0.15) is 0 Å². The van der Waals surface area contributed by atoms with Crippen molar-refractivity contribution >= 4 is 27.7 Å². The van der Waals surface area contributed by atoms with E-state index in [1.807, 2.05) is 0 Å². The Hall–Kier alpha value is 0.01000. The molecule has 2 saturated carbocycles. The van der Waals surface area contributed by atoms with E-state index in [-0.39, 0.29) is 0 Å². The molecule has 1 aromatic carbocycles. The summed E-state index contributed by atoms with van der Waals surface area (Å²) in [6, 6.07) is 10.2. The Balaban J connectivity index is 1.44. The average molecular weight is 354 g/mol. The third kappa shape index (κ3) is 3.42. The maximum Gasteiger partial charge on any atom is 0.0210 e. The van der Waals surface area contributed by atoms with E-state index in [1.54, 1.807) is 0 Å². The Morgan fingerprint density at radius 2 is 1.75 bits per heavy atom. The summed E-state index contributed by atoms with van der Waals surface area (Å²) in [6.07, 6.45) is 10.4. The van der Waals surface area contributed by atoms with Crippen LogP contribution >= 0.6 is 27.7 Å². The highest BCUT2D eigenvalue weighted by Crippen LogP contribution is 2.40. The van der Waals surface area contributed by atoms with Crippen LogP contribution in [0, 0.1) is 0 Å². The molecule has 0 unspecified atom stereocenters. The molecule has 0 amide bonds. The summed E-state index contributed by atoms with van der Waals surface area (Å²) < 4.78 is 1.28. The molecule has 0 aromatic heterocycles. The van der Waals surface area contributed by atoms with Gasteiger partial charge in [0, 0.05) is 21.8 Å². The standard InChI is InChI=1S/C17H24BrNS/c1-20-15-8-6-13(7-9-15)19-14-10-12(11-14)16-4-2-3-5-17(16)18/h2-5,12-15,19H,6-11H2,1H3. The molecule has 2 fully saturated rings. The van der Waals surface area contributed by atoms with Crippen molar-refractivity contribution in [2.24, 2.45) is 0 Å². The van der Waals surface area contributed by atoms with Crippen LogP contribution < -0.4 is 5.32 Å². The van der Waals surface area contributed by atoms with Gasteiger partial charge in [-0.25, -0.2) is 0 Å². The summed E-state index contributed by atoms with van der Waals surface area (Å²) in [7, 11) is 0. The van der Waals surface area contributed by atoms with Gasteiger partial charge in [0.25, 0.3) is 0 Å².